The Bertz CT molecular complexity index is 1070. The summed E-state index contributed by atoms with van der Waals surface area (Å²) in [7, 11) is -5.68. The average Bonchev–Trinajstić information content (AvgIpc) is 3.16. The molecule has 0 heterocycles. The van der Waals surface area contributed by atoms with Crippen molar-refractivity contribution >= 4 is 10.1 Å². The molecule has 8 heteroatoms. The normalized spacial score (nSPS) is 43.5. The number of alkyl halides is 3. The van der Waals surface area contributed by atoms with Crippen LogP contribution in [0.1, 0.15) is 113 Å². The van der Waals surface area contributed by atoms with Gasteiger partial charge in [-0.25, -0.2) is 0 Å². The van der Waals surface area contributed by atoms with Gasteiger partial charge in [0.2, 0.25) is 0 Å². The van der Waals surface area contributed by atoms with Crippen LogP contribution in [0.2, 0.25) is 0 Å². The molecule has 9 atom stereocenters. The van der Waals surface area contributed by atoms with Crippen molar-refractivity contribution in [3.05, 3.63) is 24.5 Å². The SMILES string of the molecule is C=CC.CC.C[C@@H]1CCC2(N)CCC3C(CC[C@H]4C3(C)CC[C@H]3C(C)(C)C(OS(=O)(=O)C(F)(F)F)=CCC34C)[C@@H]12. The molecule has 4 saturated carbocycles. The molecule has 40 heavy (non-hydrogen) atoms. The average molecular weight is 590 g/mol. The summed E-state index contributed by atoms with van der Waals surface area (Å²) in [6.45, 7) is 20.2. The van der Waals surface area contributed by atoms with E-state index in [0.29, 0.717) is 36.0 Å². The molecule has 0 aliphatic heterocycles. The molecule has 5 aliphatic rings. The van der Waals surface area contributed by atoms with Crippen molar-refractivity contribution < 1.29 is 25.8 Å². The Labute approximate surface area is 241 Å². The molecule has 0 saturated heterocycles. The topological polar surface area (TPSA) is 69.4 Å². The highest BCUT2D eigenvalue weighted by Gasteiger charge is 2.66. The summed E-state index contributed by atoms with van der Waals surface area (Å²) in [5.41, 5.74) is 0.844. The summed E-state index contributed by atoms with van der Waals surface area (Å²) in [5, 5.41) is 0. The molecule has 0 radical (unpaired) electrons. The minimum absolute atomic E-state index is 0.00331. The number of hydrogen-bond donors (Lipinski definition) is 1. The lowest BCUT2D eigenvalue weighted by Gasteiger charge is -2.68. The quantitative estimate of drug-likeness (QED) is 0.198. The van der Waals surface area contributed by atoms with Crippen LogP contribution in [0.15, 0.2) is 24.5 Å². The fraction of sp³-hybridized carbons (Fsp3) is 0.875. The molecule has 5 rings (SSSR count). The van der Waals surface area contributed by atoms with Crippen LogP contribution in [0.5, 0.6) is 0 Å². The van der Waals surface area contributed by atoms with Gasteiger partial charge in [0.1, 0.15) is 5.76 Å². The summed E-state index contributed by atoms with van der Waals surface area (Å²) >= 11 is 0. The van der Waals surface area contributed by atoms with Crippen LogP contribution in [-0.4, -0.2) is 19.5 Å². The molecule has 0 aromatic rings. The maximum Gasteiger partial charge on any atom is 0.534 e. The number of nitrogens with two attached hydrogens (primary N) is 1. The highest BCUT2D eigenvalue weighted by atomic mass is 32.2. The third-order valence-corrected chi connectivity index (χ3v) is 12.9. The van der Waals surface area contributed by atoms with Crippen molar-refractivity contribution in [3.63, 3.8) is 0 Å². The summed E-state index contributed by atoms with van der Waals surface area (Å²) in [5.74, 6) is 3.04. The molecule has 232 valence electrons. The van der Waals surface area contributed by atoms with Crippen LogP contribution in [-0.2, 0) is 14.3 Å². The third kappa shape index (κ3) is 5.20. The lowest BCUT2D eigenvalue weighted by atomic mass is 9.37. The van der Waals surface area contributed by atoms with Crippen LogP contribution >= 0.6 is 0 Å². The van der Waals surface area contributed by atoms with E-state index < -0.39 is 21.0 Å². The molecule has 4 fully saturated rings. The second-order valence-electron chi connectivity index (χ2n) is 14.2. The van der Waals surface area contributed by atoms with Crippen LogP contribution in [0.4, 0.5) is 13.2 Å². The Balaban J connectivity index is 0.000000827. The third-order valence-electron chi connectivity index (χ3n) is 12.0. The van der Waals surface area contributed by atoms with Crippen molar-refractivity contribution in [3.8, 4) is 0 Å². The van der Waals surface area contributed by atoms with Gasteiger partial charge in [-0.1, -0.05) is 54.5 Å². The first-order valence-electron chi connectivity index (χ1n) is 15.5. The first kappa shape index (κ1) is 33.5. The monoisotopic (exact) mass is 589 g/mol. The Kier molecular flexibility index (Phi) is 9.41. The van der Waals surface area contributed by atoms with Crippen LogP contribution in [0.3, 0.4) is 0 Å². The molecule has 0 amide bonds. The van der Waals surface area contributed by atoms with Crippen LogP contribution < -0.4 is 5.73 Å². The molecule has 5 unspecified atom stereocenters. The van der Waals surface area contributed by atoms with Crippen molar-refractivity contribution in [2.75, 3.05) is 0 Å². The summed E-state index contributed by atoms with van der Waals surface area (Å²) in [4.78, 5) is 0. The van der Waals surface area contributed by atoms with E-state index in [1.165, 1.54) is 19.3 Å². The minimum atomic E-state index is -5.68. The fourth-order valence-corrected chi connectivity index (χ4v) is 11.2. The van der Waals surface area contributed by atoms with Crippen molar-refractivity contribution in [2.45, 2.75) is 124 Å². The van der Waals surface area contributed by atoms with Gasteiger partial charge in [-0.05, 0) is 117 Å². The lowest BCUT2D eigenvalue weighted by molar-refractivity contribution is -0.179. The predicted octanol–water partition coefficient (Wildman–Crippen LogP) is 8.99. The fourth-order valence-electron chi connectivity index (χ4n) is 10.6. The molecule has 2 N–H and O–H groups in total. The van der Waals surface area contributed by atoms with E-state index in [9.17, 15) is 21.6 Å². The smallest absolute Gasteiger partial charge is 0.380 e. The Hall–Kier alpha value is -1.02. The number of hydrogen-bond acceptors (Lipinski definition) is 4. The Morgan fingerprint density at radius 2 is 1.55 bits per heavy atom. The molecule has 0 bridgehead atoms. The van der Waals surface area contributed by atoms with Crippen molar-refractivity contribution in [2.24, 2.45) is 57.5 Å². The maximum absolute atomic E-state index is 13.1. The van der Waals surface area contributed by atoms with Gasteiger partial charge in [0.05, 0.1) is 0 Å². The second-order valence-corrected chi connectivity index (χ2v) is 15.7. The Morgan fingerprint density at radius 3 is 2.12 bits per heavy atom. The highest BCUT2D eigenvalue weighted by Crippen LogP contribution is 2.72. The molecule has 5 aliphatic carbocycles. The van der Waals surface area contributed by atoms with Gasteiger partial charge < -0.3 is 9.92 Å². The van der Waals surface area contributed by atoms with Crippen LogP contribution in [0.25, 0.3) is 0 Å². The zero-order valence-electron chi connectivity index (χ0n) is 26.0. The van der Waals surface area contributed by atoms with Gasteiger partial charge in [0, 0.05) is 11.0 Å². The number of fused-ring (bicyclic) bond motifs is 7. The molecular weight excluding hydrogens is 535 g/mol. The van der Waals surface area contributed by atoms with E-state index in [0.717, 1.165) is 32.1 Å². The second kappa shape index (κ2) is 11.2. The standard InChI is InChI=1S/C27H42F3NO3S.C3H6.C2H6/c1-16-8-14-26(31)15-9-18-17(22(16)26)6-7-20-24(18,4)12-10-19-23(2,3)21(11-13-25(19,20)5)34-35(32,33)27(28,29)30;1-3-2;1-2/h11,16-20,22H,6-10,12-15,31H2,1-5H3;3H,1H2,2H3;1-2H3/t16-,17?,18?,19+,20+,22-,24?,25?,26?;;/m1../s1. The molecule has 4 nitrogen and oxygen atoms in total. The van der Waals surface area contributed by atoms with Crippen LogP contribution in [0, 0.1) is 51.8 Å². The molecule has 0 spiro atoms. The van der Waals surface area contributed by atoms with Gasteiger partial charge in [-0.2, -0.15) is 21.6 Å². The number of allylic oxidation sites excluding steroid dienone is 3. The van der Waals surface area contributed by atoms with E-state index in [2.05, 4.69) is 27.4 Å². The zero-order chi connectivity index (χ0) is 30.5. The Morgan fingerprint density at radius 1 is 0.975 bits per heavy atom. The van der Waals surface area contributed by atoms with E-state index >= 15 is 0 Å². The largest absolute Gasteiger partial charge is 0.534 e. The van der Waals surface area contributed by atoms with E-state index in [-0.39, 0.29) is 28.0 Å². The first-order chi connectivity index (χ1) is 18.4. The number of rotatable bonds is 2. The highest BCUT2D eigenvalue weighted by molar-refractivity contribution is 7.87. The minimum Gasteiger partial charge on any atom is -0.380 e. The maximum atomic E-state index is 13.1. The van der Waals surface area contributed by atoms with E-state index in [4.69, 9.17) is 9.92 Å². The van der Waals surface area contributed by atoms with Gasteiger partial charge in [0.15, 0.2) is 0 Å². The molecule has 0 aromatic heterocycles. The zero-order valence-corrected chi connectivity index (χ0v) is 26.9. The van der Waals surface area contributed by atoms with Gasteiger partial charge in [-0.15, -0.1) is 6.58 Å². The van der Waals surface area contributed by atoms with E-state index in [1.54, 1.807) is 12.2 Å². The van der Waals surface area contributed by atoms with Crippen molar-refractivity contribution in [1.82, 2.24) is 0 Å². The predicted molar refractivity (Wildman–Crippen MR) is 156 cm³/mol. The first-order valence-corrected chi connectivity index (χ1v) is 16.9. The van der Waals surface area contributed by atoms with Gasteiger partial charge >= 0.3 is 15.6 Å². The summed E-state index contributed by atoms with van der Waals surface area (Å²) < 4.78 is 67.7. The lowest BCUT2D eigenvalue weighted by Crippen LogP contribution is -2.63. The molecular formula is C32H54F3NO3S. The van der Waals surface area contributed by atoms with Gasteiger partial charge in [-0.3, -0.25) is 0 Å². The summed E-state index contributed by atoms with van der Waals surface area (Å²) in [6, 6.07) is 0. The summed E-state index contributed by atoms with van der Waals surface area (Å²) in [6.07, 6.45) is 12.8. The molecule has 0 aromatic carbocycles. The van der Waals surface area contributed by atoms with Crippen molar-refractivity contribution in [1.29, 1.82) is 0 Å². The van der Waals surface area contributed by atoms with Gasteiger partial charge in [0.25, 0.3) is 0 Å². The van der Waals surface area contributed by atoms with E-state index in [1.807, 2.05) is 34.6 Å². The number of halogens is 3.